The van der Waals surface area contributed by atoms with Crippen LogP contribution < -0.4 is 4.74 Å². The van der Waals surface area contributed by atoms with Crippen LogP contribution in [0, 0.1) is 10.1 Å². The minimum atomic E-state index is -0.718. The number of para-hydroxylation sites is 1. The molecule has 0 atom stereocenters. The summed E-state index contributed by atoms with van der Waals surface area (Å²) in [5, 5.41) is 12.2. The SMILES string of the molecule is O=C(COc1cccc2[nH]c3ccccc3c12)C[N+](=O)[O-]. The Balaban J connectivity index is 1.95. The van der Waals surface area contributed by atoms with Crippen LogP contribution in [0.5, 0.6) is 5.75 Å². The zero-order chi connectivity index (χ0) is 14.8. The van der Waals surface area contributed by atoms with Crippen LogP contribution >= 0.6 is 0 Å². The molecule has 1 heterocycles. The summed E-state index contributed by atoms with van der Waals surface area (Å²) < 4.78 is 5.47. The summed E-state index contributed by atoms with van der Waals surface area (Å²) in [5.74, 6) is -0.0153. The van der Waals surface area contributed by atoms with Crippen molar-refractivity contribution >= 4 is 27.6 Å². The molecule has 0 aliphatic rings. The molecule has 0 radical (unpaired) electrons. The molecule has 0 saturated carbocycles. The van der Waals surface area contributed by atoms with Gasteiger partial charge in [0.25, 0.3) is 6.54 Å². The molecule has 6 nitrogen and oxygen atoms in total. The average molecular weight is 284 g/mol. The van der Waals surface area contributed by atoms with Gasteiger partial charge in [0, 0.05) is 21.2 Å². The van der Waals surface area contributed by atoms with Crippen molar-refractivity contribution in [3.8, 4) is 5.75 Å². The van der Waals surface area contributed by atoms with Crippen molar-refractivity contribution in [2.45, 2.75) is 0 Å². The Morgan fingerprint density at radius 1 is 1.14 bits per heavy atom. The van der Waals surface area contributed by atoms with Gasteiger partial charge in [0.15, 0.2) is 6.61 Å². The summed E-state index contributed by atoms with van der Waals surface area (Å²) in [7, 11) is 0. The molecule has 21 heavy (non-hydrogen) atoms. The molecule has 0 fully saturated rings. The lowest BCUT2D eigenvalue weighted by atomic mass is 10.1. The minimum Gasteiger partial charge on any atom is -0.485 e. The van der Waals surface area contributed by atoms with Gasteiger partial charge in [-0.2, -0.15) is 0 Å². The van der Waals surface area contributed by atoms with Crippen LogP contribution in [0.2, 0.25) is 0 Å². The van der Waals surface area contributed by atoms with Crippen LogP contribution in [-0.2, 0) is 4.79 Å². The molecular weight excluding hydrogens is 272 g/mol. The number of hydrogen-bond acceptors (Lipinski definition) is 4. The molecule has 2 aromatic carbocycles. The Labute approximate surface area is 119 Å². The second kappa shape index (κ2) is 5.24. The third kappa shape index (κ3) is 2.55. The Hall–Kier alpha value is -2.89. The first kappa shape index (κ1) is 13.1. The van der Waals surface area contributed by atoms with E-state index < -0.39 is 17.3 Å². The molecule has 106 valence electrons. The molecule has 0 aliphatic heterocycles. The predicted octanol–water partition coefficient (Wildman–Crippen LogP) is 2.55. The molecule has 1 aromatic heterocycles. The summed E-state index contributed by atoms with van der Waals surface area (Å²) in [5.41, 5.74) is 1.87. The summed E-state index contributed by atoms with van der Waals surface area (Å²) in [6.07, 6.45) is 0. The van der Waals surface area contributed by atoms with Crippen molar-refractivity contribution in [3.63, 3.8) is 0 Å². The largest absolute Gasteiger partial charge is 0.485 e. The number of fused-ring (bicyclic) bond motifs is 3. The topological polar surface area (TPSA) is 85.2 Å². The fourth-order valence-electron chi connectivity index (χ4n) is 2.34. The van der Waals surface area contributed by atoms with E-state index in [1.807, 2.05) is 36.4 Å². The highest BCUT2D eigenvalue weighted by Gasteiger charge is 2.13. The first-order valence-electron chi connectivity index (χ1n) is 6.41. The van der Waals surface area contributed by atoms with Crippen molar-refractivity contribution in [2.75, 3.05) is 13.2 Å². The number of Topliss-reactive ketones (excluding diaryl/α,β-unsaturated/α-hetero) is 1. The first-order chi connectivity index (χ1) is 10.1. The number of carbonyl (C=O) groups is 1. The zero-order valence-electron chi connectivity index (χ0n) is 11.0. The number of aromatic amines is 1. The number of aromatic nitrogens is 1. The third-order valence-corrected chi connectivity index (χ3v) is 3.19. The van der Waals surface area contributed by atoms with Crippen LogP contribution in [0.4, 0.5) is 0 Å². The number of ketones is 1. The number of ether oxygens (including phenoxy) is 1. The molecule has 3 rings (SSSR count). The van der Waals surface area contributed by atoms with E-state index in [9.17, 15) is 14.9 Å². The number of H-pyrrole nitrogens is 1. The van der Waals surface area contributed by atoms with Gasteiger partial charge in [-0.15, -0.1) is 0 Å². The molecule has 0 saturated heterocycles. The molecule has 1 N–H and O–H groups in total. The number of nitrogens with one attached hydrogen (secondary N) is 1. The number of benzene rings is 2. The van der Waals surface area contributed by atoms with E-state index in [2.05, 4.69) is 4.98 Å². The van der Waals surface area contributed by atoms with Crippen molar-refractivity contribution in [2.24, 2.45) is 0 Å². The van der Waals surface area contributed by atoms with Gasteiger partial charge in [-0.05, 0) is 18.2 Å². The quantitative estimate of drug-likeness (QED) is 0.576. The highest BCUT2D eigenvalue weighted by Crippen LogP contribution is 2.32. The van der Waals surface area contributed by atoms with Crippen LogP contribution in [0.1, 0.15) is 0 Å². The summed E-state index contributed by atoms with van der Waals surface area (Å²) in [6, 6.07) is 13.2. The fraction of sp³-hybridized carbons (Fsp3) is 0.133. The Morgan fingerprint density at radius 3 is 2.71 bits per heavy atom. The van der Waals surface area contributed by atoms with E-state index in [-0.39, 0.29) is 6.61 Å². The lowest BCUT2D eigenvalue weighted by molar-refractivity contribution is -0.467. The van der Waals surface area contributed by atoms with Gasteiger partial charge < -0.3 is 9.72 Å². The van der Waals surface area contributed by atoms with Gasteiger partial charge in [0.2, 0.25) is 5.78 Å². The van der Waals surface area contributed by atoms with Crippen molar-refractivity contribution < 1.29 is 14.5 Å². The normalized spacial score (nSPS) is 10.9. The third-order valence-electron chi connectivity index (χ3n) is 3.19. The Bertz CT molecular complexity index is 838. The maximum Gasteiger partial charge on any atom is 0.264 e. The molecule has 0 bridgehead atoms. The predicted molar refractivity (Wildman–Crippen MR) is 78.2 cm³/mol. The van der Waals surface area contributed by atoms with Gasteiger partial charge in [0.1, 0.15) is 5.75 Å². The monoisotopic (exact) mass is 284 g/mol. The molecule has 0 aliphatic carbocycles. The molecule has 6 heteroatoms. The number of carbonyl (C=O) groups excluding carboxylic acids is 1. The Morgan fingerprint density at radius 2 is 1.90 bits per heavy atom. The van der Waals surface area contributed by atoms with Crippen molar-refractivity contribution in [1.29, 1.82) is 0 Å². The molecular formula is C15H12N2O4. The van der Waals surface area contributed by atoms with Gasteiger partial charge in [-0.3, -0.25) is 14.9 Å². The summed E-state index contributed by atoms with van der Waals surface area (Å²) in [4.78, 5) is 24.3. The smallest absolute Gasteiger partial charge is 0.264 e. The number of nitrogens with zero attached hydrogens (tertiary/aromatic N) is 1. The lowest BCUT2D eigenvalue weighted by Gasteiger charge is -2.05. The van der Waals surface area contributed by atoms with E-state index >= 15 is 0 Å². The minimum absolute atomic E-state index is 0.306. The number of nitro groups is 1. The van der Waals surface area contributed by atoms with Gasteiger partial charge in [0.05, 0.1) is 5.52 Å². The van der Waals surface area contributed by atoms with E-state index in [1.165, 1.54) is 0 Å². The van der Waals surface area contributed by atoms with E-state index in [1.54, 1.807) is 6.07 Å². The molecule has 0 unspecified atom stereocenters. The summed E-state index contributed by atoms with van der Waals surface area (Å²) >= 11 is 0. The number of rotatable bonds is 5. The maximum absolute atomic E-state index is 11.4. The highest BCUT2D eigenvalue weighted by molar-refractivity contribution is 6.10. The van der Waals surface area contributed by atoms with Gasteiger partial charge in [-0.25, -0.2) is 0 Å². The van der Waals surface area contributed by atoms with Crippen LogP contribution in [0.25, 0.3) is 21.8 Å². The average Bonchev–Trinajstić information content (AvgIpc) is 2.83. The van der Waals surface area contributed by atoms with Crippen molar-refractivity contribution in [3.05, 3.63) is 52.6 Å². The maximum atomic E-state index is 11.4. The molecule has 0 spiro atoms. The molecule has 3 aromatic rings. The van der Waals surface area contributed by atoms with Crippen molar-refractivity contribution in [1.82, 2.24) is 4.98 Å². The fourth-order valence-corrected chi connectivity index (χ4v) is 2.34. The van der Waals surface area contributed by atoms with Gasteiger partial charge in [-0.1, -0.05) is 24.3 Å². The Kier molecular flexibility index (Phi) is 3.27. The van der Waals surface area contributed by atoms with Crippen LogP contribution in [0.3, 0.4) is 0 Å². The van der Waals surface area contributed by atoms with E-state index in [0.29, 0.717) is 5.75 Å². The molecule has 0 amide bonds. The lowest BCUT2D eigenvalue weighted by Crippen LogP contribution is -2.20. The number of hydrogen-bond donors (Lipinski definition) is 1. The summed E-state index contributed by atoms with van der Waals surface area (Å²) in [6.45, 7) is -1.02. The highest BCUT2D eigenvalue weighted by atomic mass is 16.6. The second-order valence-electron chi connectivity index (χ2n) is 4.67. The van der Waals surface area contributed by atoms with E-state index in [4.69, 9.17) is 4.74 Å². The second-order valence-corrected chi connectivity index (χ2v) is 4.67. The van der Waals surface area contributed by atoms with Crippen LogP contribution in [0.15, 0.2) is 42.5 Å². The standard InChI is InChI=1S/C15H12N2O4/c18-10(8-17(19)20)9-21-14-7-3-6-13-15(14)11-4-1-2-5-12(11)16-13/h1-7,16H,8-9H2. The first-order valence-corrected chi connectivity index (χ1v) is 6.41. The zero-order valence-corrected chi connectivity index (χ0v) is 11.0. The van der Waals surface area contributed by atoms with Crippen LogP contribution in [-0.4, -0.2) is 28.8 Å². The van der Waals surface area contributed by atoms with E-state index in [0.717, 1.165) is 21.8 Å². The van der Waals surface area contributed by atoms with Gasteiger partial charge >= 0.3 is 0 Å².